The third-order valence-electron chi connectivity index (χ3n) is 4.25. The molecule has 1 aromatic rings. The summed E-state index contributed by atoms with van der Waals surface area (Å²) in [4.78, 5) is 15.5. The number of aliphatic carboxylic acids is 1. The van der Waals surface area contributed by atoms with Crippen molar-refractivity contribution in [2.75, 3.05) is 26.7 Å². The average Bonchev–Trinajstić information content (AvgIpc) is 2.41. The topological polar surface area (TPSA) is 43.8 Å². The summed E-state index contributed by atoms with van der Waals surface area (Å²) in [7, 11) is 2.17. The normalized spacial score (nSPS) is 20.0. The first-order valence-electron chi connectivity index (χ1n) is 7.31. The van der Waals surface area contributed by atoms with Crippen LogP contribution in [-0.4, -0.2) is 53.1 Å². The molecule has 4 heteroatoms. The Labute approximate surface area is 126 Å². The molecule has 1 aromatic carbocycles. The zero-order valence-electron chi connectivity index (χ0n) is 13.0. The molecule has 0 radical (unpaired) electrons. The van der Waals surface area contributed by atoms with E-state index < -0.39 is 5.97 Å². The SMILES string of the molecule is CN1CCN(Cc2ccccc2C=CC(=O)O)CC1(C)C. The molecule has 1 fully saturated rings. The maximum absolute atomic E-state index is 10.7. The summed E-state index contributed by atoms with van der Waals surface area (Å²) >= 11 is 0. The zero-order chi connectivity index (χ0) is 15.5. The number of carbonyl (C=O) groups is 1. The van der Waals surface area contributed by atoms with Gasteiger partial charge in [0.15, 0.2) is 0 Å². The molecule has 0 aromatic heterocycles. The van der Waals surface area contributed by atoms with E-state index in [0.717, 1.165) is 31.7 Å². The number of carboxylic acids is 1. The fourth-order valence-corrected chi connectivity index (χ4v) is 2.72. The summed E-state index contributed by atoms with van der Waals surface area (Å²) < 4.78 is 0. The smallest absolute Gasteiger partial charge is 0.328 e. The monoisotopic (exact) mass is 288 g/mol. The highest BCUT2D eigenvalue weighted by Gasteiger charge is 2.30. The van der Waals surface area contributed by atoms with Gasteiger partial charge in [-0.3, -0.25) is 9.80 Å². The van der Waals surface area contributed by atoms with Gasteiger partial charge < -0.3 is 5.11 Å². The number of hydrogen-bond acceptors (Lipinski definition) is 3. The van der Waals surface area contributed by atoms with Gasteiger partial charge in [-0.2, -0.15) is 0 Å². The summed E-state index contributed by atoms with van der Waals surface area (Å²) in [6, 6.07) is 8.00. The Bertz CT molecular complexity index is 537. The minimum Gasteiger partial charge on any atom is -0.478 e. The van der Waals surface area contributed by atoms with E-state index in [0.29, 0.717) is 0 Å². The van der Waals surface area contributed by atoms with Crippen LogP contribution >= 0.6 is 0 Å². The Hall–Kier alpha value is -1.65. The van der Waals surface area contributed by atoms with Gasteiger partial charge in [0.05, 0.1) is 0 Å². The predicted molar refractivity (Wildman–Crippen MR) is 85.1 cm³/mol. The lowest BCUT2D eigenvalue weighted by molar-refractivity contribution is -0.131. The van der Waals surface area contributed by atoms with E-state index >= 15 is 0 Å². The van der Waals surface area contributed by atoms with Crippen molar-refractivity contribution in [2.45, 2.75) is 25.9 Å². The van der Waals surface area contributed by atoms with Crippen LogP contribution in [0.2, 0.25) is 0 Å². The van der Waals surface area contributed by atoms with Gasteiger partial charge in [-0.25, -0.2) is 4.79 Å². The molecule has 1 aliphatic rings. The molecule has 0 atom stereocenters. The first-order valence-corrected chi connectivity index (χ1v) is 7.31. The maximum Gasteiger partial charge on any atom is 0.328 e. The maximum atomic E-state index is 10.7. The van der Waals surface area contributed by atoms with Crippen LogP contribution in [0.1, 0.15) is 25.0 Å². The van der Waals surface area contributed by atoms with Gasteiger partial charge in [0.25, 0.3) is 0 Å². The third kappa shape index (κ3) is 4.16. The van der Waals surface area contributed by atoms with E-state index in [4.69, 9.17) is 5.11 Å². The van der Waals surface area contributed by atoms with Gasteiger partial charge in [0.2, 0.25) is 0 Å². The molecule has 4 nitrogen and oxygen atoms in total. The summed E-state index contributed by atoms with van der Waals surface area (Å²) in [5, 5.41) is 8.78. The number of carboxylic acid groups (broad SMARTS) is 1. The molecule has 2 rings (SSSR count). The Balaban J connectivity index is 2.11. The summed E-state index contributed by atoms with van der Waals surface area (Å²) in [6.45, 7) is 8.49. The lowest BCUT2D eigenvalue weighted by Crippen LogP contribution is -2.57. The lowest BCUT2D eigenvalue weighted by Gasteiger charge is -2.45. The van der Waals surface area contributed by atoms with Gasteiger partial charge in [0.1, 0.15) is 0 Å². The Kier molecular flexibility index (Phi) is 4.80. The van der Waals surface area contributed by atoms with Crippen LogP contribution < -0.4 is 0 Å². The van der Waals surface area contributed by atoms with Crippen molar-refractivity contribution >= 4 is 12.0 Å². The molecule has 0 unspecified atom stereocenters. The molecule has 0 aliphatic carbocycles. The predicted octanol–water partition coefficient (Wildman–Crippen LogP) is 2.31. The second-order valence-electron chi connectivity index (χ2n) is 6.32. The van der Waals surface area contributed by atoms with E-state index in [2.05, 4.69) is 36.8 Å². The van der Waals surface area contributed by atoms with Gasteiger partial charge in [-0.05, 0) is 38.1 Å². The largest absolute Gasteiger partial charge is 0.478 e. The van der Waals surface area contributed by atoms with Crippen molar-refractivity contribution < 1.29 is 9.90 Å². The van der Waals surface area contributed by atoms with Gasteiger partial charge in [0, 0.05) is 37.8 Å². The highest BCUT2D eigenvalue weighted by atomic mass is 16.4. The van der Waals surface area contributed by atoms with Crippen LogP contribution in [0, 0.1) is 0 Å². The third-order valence-corrected chi connectivity index (χ3v) is 4.25. The van der Waals surface area contributed by atoms with E-state index in [1.54, 1.807) is 6.08 Å². The zero-order valence-corrected chi connectivity index (χ0v) is 13.0. The van der Waals surface area contributed by atoms with Crippen molar-refractivity contribution in [1.82, 2.24) is 9.80 Å². The van der Waals surface area contributed by atoms with Crippen LogP contribution in [0.5, 0.6) is 0 Å². The molecule has 21 heavy (non-hydrogen) atoms. The van der Waals surface area contributed by atoms with Crippen LogP contribution in [0.3, 0.4) is 0 Å². The van der Waals surface area contributed by atoms with E-state index in [1.165, 1.54) is 11.6 Å². The molecule has 114 valence electrons. The van der Waals surface area contributed by atoms with Crippen molar-refractivity contribution in [3.63, 3.8) is 0 Å². The molecule has 1 N–H and O–H groups in total. The van der Waals surface area contributed by atoms with Crippen LogP contribution in [-0.2, 0) is 11.3 Å². The number of likely N-dealkylation sites (N-methyl/N-ethyl adjacent to an activating group) is 1. The summed E-state index contributed by atoms with van der Waals surface area (Å²) in [5.74, 6) is -0.912. The Morgan fingerprint density at radius 2 is 2.05 bits per heavy atom. The molecule has 0 bridgehead atoms. The lowest BCUT2D eigenvalue weighted by atomic mass is 9.98. The van der Waals surface area contributed by atoms with E-state index in [1.807, 2.05) is 18.2 Å². The van der Waals surface area contributed by atoms with Crippen LogP contribution in [0.15, 0.2) is 30.3 Å². The van der Waals surface area contributed by atoms with Crippen molar-refractivity contribution in [2.24, 2.45) is 0 Å². The van der Waals surface area contributed by atoms with Gasteiger partial charge >= 0.3 is 5.97 Å². The molecular weight excluding hydrogens is 264 g/mol. The Morgan fingerprint density at radius 1 is 1.33 bits per heavy atom. The molecule has 1 heterocycles. The first-order chi connectivity index (χ1) is 9.88. The van der Waals surface area contributed by atoms with E-state index in [9.17, 15) is 4.79 Å². The average molecular weight is 288 g/mol. The highest BCUT2D eigenvalue weighted by molar-refractivity contribution is 5.85. The molecule has 0 amide bonds. The van der Waals surface area contributed by atoms with Gasteiger partial charge in [-0.1, -0.05) is 24.3 Å². The summed E-state index contributed by atoms with van der Waals surface area (Å²) in [5.41, 5.74) is 2.33. The fraction of sp³-hybridized carbons (Fsp3) is 0.471. The number of hydrogen-bond donors (Lipinski definition) is 1. The molecule has 1 saturated heterocycles. The van der Waals surface area contributed by atoms with Crippen LogP contribution in [0.25, 0.3) is 6.08 Å². The number of rotatable bonds is 4. The Morgan fingerprint density at radius 3 is 2.71 bits per heavy atom. The highest BCUT2D eigenvalue weighted by Crippen LogP contribution is 2.21. The van der Waals surface area contributed by atoms with Gasteiger partial charge in [-0.15, -0.1) is 0 Å². The number of benzene rings is 1. The number of nitrogens with zero attached hydrogens (tertiary/aromatic N) is 2. The second kappa shape index (κ2) is 6.41. The van der Waals surface area contributed by atoms with Crippen molar-refractivity contribution in [1.29, 1.82) is 0 Å². The molecule has 1 aliphatic heterocycles. The van der Waals surface area contributed by atoms with Crippen molar-refractivity contribution in [3.8, 4) is 0 Å². The fourth-order valence-electron chi connectivity index (χ4n) is 2.72. The van der Waals surface area contributed by atoms with Crippen molar-refractivity contribution in [3.05, 3.63) is 41.5 Å². The first kappa shape index (κ1) is 15.7. The molecular formula is C17H24N2O2. The minimum atomic E-state index is -0.912. The quantitative estimate of drug-likeness (QED) is 0.864. The number of piperazine rings is 1. The second-order valence-corrected chi connectivity index (χ2v) is 6.32. The van der Waals surface area contributed by atoms with Crippen LogP contribution in [0.4, 0.5) is 0 Å². The standard InChI is InChI=1S/C17H24N2O2/c1-17(2)13-19(11-10-18(17)3)12-15-7-5-4-6-14(15)8-9-16(20)21/h4-9H,10-13H2,1-3H3,(H,20,21). The molecule has 0 saturated carbocycles. The summed E-state index contributed by atoms with van der Waals surface area (Å²) in [6.07, 6.45) is 2.88. The molecule has 0 spiro atoms. The minimum absolute atomic E-state index is 0.171. The van der Waals surface area contributed by atoms with E-state index in [-0.39, 0.29) is 5.54 Å².